The number of carbonyl (C=O) groups is 2. The zero-order valence-corrected chi connectivity index (χ0v) is 15.4. The summed E-state index contributed by atoms with van der Waals surface area (Å²) in [6.07, 6.45) is 0.909. The monoisotopic (exact) mass is 386 g/mol. The van der Waals surface area contributed by atoms with Crippen molar-refractivity contribution in [3.05, 3.63) is 70.7 Å². The van der Waals surface area contributed by atoms with E-state index in [1.807, 2.05) is 30.3 Å². The van der Waals surface area contributed by atoms with Crippen LogP contribution in [0.15, 0.2) is 63.8 Å². The molecule has 0 saturated carbocycles. The van der Waals surface area contributed by atoms with Crippen LogP contribution in [0.5, 0.6) is 0 Å². The Kier molecular flexibility index (Phi) is 7.53. The van der Waals surface area contributed by atoms with E-state index in [0.29, 0.717) is 12.1 Å². The Morgan fingerprint density at radius 1 is 1.00 bits per heavy atom. The quantitative estimate of drug-likeness (QED) is 0.625. The van der Waals surface area contributed by atoms with Crippen LogP contribution in [0.25, 0.3) is 11.1 Å². The molecule has 0 radical (unpaired) electrons. The first-order valence-electron chi connectivity index (χ1n) is 8.65. The van der Waals surface area contributed by atoms with Gasteiger partial charge in [-0.3, -0.25) is 4.57 Å². The molecule has 28 heavy (non-hydrogen) atoms. The number of rotatable bonds is 6. The van der Waals surface area contributed by atoms with E-state index in [0.717, 1.165) is 25.0 Å². The number of benzene rings is 2. The van der Waals surface area contributed by atoms with Gasteiger partial charge in [-0.2, -0.15) is 0 Å². The highest BCUT2D eigenvalue weighted by atomic mass is 16.4. The number of para-hydroxylation sites is 2. The van der Waals surface area contributed by atoms with Crippen LogP contribution in [0.4, 0.5) is 0 Å². The van der Waals surface area contributed by atoms with E-state index < -0.39 is 11.9 Å². The summed E-state index contributed by atoms with van der Waals surface area (Å²) in [7, 11) is 2.10. The molecule has 0 bridgehead atoms. The van der Waals surface area contributed by atoms with E-state index in [1.165, 1.54) is 5.56 Å². The Hall–Kier alpha value is -3.39. The summed E-state index contributed by atoms with van der Waals surface area (Å²) in [5, 5.41) is 14.8. The molecule has 0 amide bonds. The van der Waals surface area contributed by atoms with Gasteiger partial charge < -0.3 is 19.5 Å². The Labute approximate surface area is 161 Å². The number of aromatic nitrogens is 1. The first-order valence-corrected chi connectivity index (χ1v) is 8.65. The molecule has 2 N–H and O–H groups in total. The van der Waals surface area contributed by atoms with Crippen molar-refractivity contribution in [3.63, 3.8) is 0 Å². The molecule has 2 aromatic carbocycles. The van der Waals surface area contributed by atoms with Gasteiger partial charge >= 0.3 is 17.7 Å². The van der Waals surface area contributed by atoms with Crippen molar-refractivity contribution in [2.75, 3.05) is 13.6 Å². The van der Waals surface area contributed by atoms with Gasteiger partial charge in [0.1, 0.15) is 0 Å². The fraction of sp³-hybridized carbons (Fsp3) is 0.250. The summed E-state index contributed by atoms with van der Waals surface area (Å²) in [6, 6.07) is 18.0. The van der Waals surface area contributed by atoms with Gasteiger partial charge in [0, 0.05) is 13.1 Å². The van der Waals surface area contributed by atoms with Gasteiger partial charge in [-0.05, 0) is 37.7 Å². The van der Waals surface area contributed by atoms with E-state index in [9.17, 15) is 4.79 Å². The van der Waals surface area contributed by atoms with Crippen LogP contribution in [0.2, 0.25) is 0 Å². The smallest absolute Gasteiger partial charge is 0.419 e. The van der Waals surface area contributed by atoms with Crippen LogP contribution < -0.4 is 5.76 Å². The van der Waals surface area contributed by atoms with E-state index >= 15 is 0 Å². The fourth-order valence-electron chi connectivity index (χ4n) is 2.70. The second-order valence-corrected chi connectivity index (χ2v) is 6.17. The van der Waals surface area contributed by atoms with Crippen LogP contribution in [0.3, 0.4) is 0 Å². The number of hydrogen-bond donors (Lipinski definition) is 2. The minimum absolute atomic E-state index is 0.271. The standard InChI is InChI=1S/C18H20N2O2.C2H2O4/c1-19(14-15-8-3-2-4-9-15)12-7-13-20-16-10-5-6-11-17(16)22-18(20)21;3-1(4)2(5)6/h2-6,8-11H,7,12-14H2,1H3;(H,3,4)(H,5,6). The van der Waals surface area contributed by atoms with E-state index in [1.54, 1.807) is 4.57 Å². The highest BCUT2D eigenvalue weighted by molar-refractivity contribution is 6.27. The maximum Gasteiger partial charge on any atom is 0.419 e. The summed E-state index contributed by atoms with van der Waals surface area (Å²) in [4.78, 5) is 32.4. The maximum atomic E-state index is 11.9. The molecule has 148 valence electrons. The first kappa shape index (κ1) is 20.9. The topological polar surface area (TPSA) is 113 Å². The van der Waals surface area contributed by atoms with Crippen molar-refractivity contribution in [1.82, 2.24) is 9.47 Å². The SMILES string of the molecule is CN(CCCn1c(=O)oc2ccccc21)Cc1ccccc1.O=C(O)C(=O)O. The number of aliphatic carboxylic acids is 2. The summed E-state index contributed by atoms with van der Waals surface area (Å²) < 4.78 is 6.96. The lowest BCUT2D eigenvalue weighted by Crippen LogP contribution is -2.22. The molecular weight excluding hydrogens is 364 g/mol. The lowest BCUT2D eigenvalue weighted by atomic mass is 10.2. The van der Waals surface area contributed by atoms with Crippen molar-refractivity contribution in [3.8, 4) is 0 Å². The number of aryl methyl sites for hydroxylation is 1. The predicted molar refractivity (Wildman–Crippen MR) is 103 cm³/mol. The second-order valence-electron chi connectivity index (χ2n) is 6.17. The lowest BCUT2D eigenvalue weighted by Gasteiger charge is -2.16. The second kappa shape index (κ2) is 10.1. The van der Waals surface area contributed by atoms with Crippen molar-refractivity contribution < 1.29 is 24.2 Å². The zero-order valence-electron chi connectivity index (χ0n) is 15.4. The number of fused-ring (bicyclic) bond motifs is 1. The molecule has 0 fully saturated rings. The van der Waals surface area contributed by atoms with Gasteiger partial charge in [0.2, 0.25) is 0 Å². The molecule has 8 nitrogen and oxygen atoms in total. The Bertz CT molecular complexity index is 965. The van der Waals surface area contributed by atoms with Crippen molar-refractivity contribution in [2.45, 2.75) is 19.5 Å². The Morgan fingerprint density at radius 2 is 1.61 bits per heavy atom. The summed E-state index contributed by atoms with van der Waals surface area (Å²) in [6.45, 7) is 2.53. The third-order valence-electron chi connectivity index (χ3n) is 3.97. The van der Waals surface area contributed by atoms with Crippen LogP contribution in [-0.4, -0.2) is 45.2 Å². The average molecular weight is 386 g/mol. The average Bonchev–Trinajstić information content (AvgIpc) is 2.98. The molecule has 1 aromatic heterocycles. The molecule has 0 saturated heterocycles. The van der Waals surface area contributed by atoms with Crippen molar-refractivity contribution in [2.24, 2.45) is 0 Å². The molecule has 8 heteroatoms. The normalized spacial score (nSPS) is 10.5. The third-order valence-corrected chi connectivity index (χ3v) is 3.97. The third kappa shape index (κ3) is 6.10. The molecule has 3 rings (SSSR count). The van der Waals surface area contributed by atoms with Crippen LogP contribution in [0, 0.1) is 0 Å². The molecule has 0 unspecified atom stereocenters. The van der Waals surface area contributed by atoms with E-state index in [4.69, 9.17) is 24.2 Å². The van der Waals surface area contributed by atoms with Crippen LogP contribution in [-0.2, 0) is 22.7 Å². The highest BCUT2D eigenvalue weighted by Crippen LogP contribution is 2.12. The van der Waals surface area contributed by atoms with Gasteiger partial charge in [0.25, 0.3) is 0 Å². The molecule has 0 aliphatic carbocycles. The van der Waals surface area contributed by atoms with Gasteiger partial charge in [-0.1, -0.05) is 42.5 Å². The fourth-order valence-corrected chi connectivity index (χ4v) is 2.70. The first-order chi connectivity index (χ1) is 13.4. The number of hydrogen-bond acceptors (Lipinski definition) is 5. The summed E-state index contributed by atoms with van der Waals surface area (Å²) >= 11 is 0. The number of carboxylic acid groups (broad SMARTS) is 2. The molecule has 0 atom stereocenters. The molecule has 0 aliphatic heterocycles. The molecule has 0 aliphatic rings. The molecule has 0 spiro atoms. The molecule has 1 heterocycles. The largest absolute Gasteiger partial charge is 0.473 e. The van der Waals surface area contributed by atoms with Crippen molar-refractivity contribution in [1.29, 1.82) is 0 Å². The predicted octanol–water partition coefficient (Wildman–Crippen LogP) is 2.27. The lowest BCUT2D eigenvalue weighted by molar-refractivity contribution is -0.159. The van der Waals surface area contributed by atoms with Crippen LogP contribution >= 0.6 is 0 Å². The van der Waals surface area contributed by atoms with Gasteiger partial charge in [-0.25, -0.2) is 14.4 Å². The van der Waals surface area contributed by atoms with Gasteiger partial charge in [-0.15, -0.1) is 0 Å². The number of nitrogens with zero attached hydrogens (tertiary/aromatic N) is 2. The highest BCUT2D eigenvalue weighted by Gasteiger charge is 2.08. The molecule has 3 aromatic rings. The van der Waals surface area contributed by atoms with E-state index in [-0.39, 0.29) is 5.76 Å². The minimum atomic E-state index is -1.82. The van der Waals surface area contributed by atoms with E-state index in [2.05, 4.69) is 36.2 Å². The van der Waals surface area contributed by atoms with Crippen LogP contribution in [0.1, 0.15) is 12.0 Å². The van der Waals surface area contributed by atoms with Gasteiger partial charge in [0.05, 0.1) is 5.52 Å². The minimum Gasteiger partial charge on any atom is -0.473 e. The Morgan fingerprint density at radius 3 is 2.25 bits per heavy atom. The number of carboxylic acids is 2. The maximum absolute atomic E-state index is 11.9. The summed E-state index contributed by atoms with van der Waals surface area (Å²) in [5.41, 5.74) is 2.83. The zero-order chi connectivity index (χ0) is 20.5. The number of oxazole rings is 1. The molecular formula is C20H22N2O6. The van der Waals surface area contributed by atoms with Crippen molar-refractivity contribution >= 4 is 23.0 Å². The summed E-state index contributed by atoms with van der Waals surface area (Å²) in [5.74, 6) is -3.92. The Balaban J connectivity index is 0.000000409. The van der Waals surface area contributed by atoms with Gasteiger partial charge in [0.15, 0.2) is 5.58 Å².